The van der Waals surface area contributed by atoms with Gasteiger partial charge in [-0.25, -0.2) is 8.78 Å². The van der Waals surface area contributed by atoms with Gasteiger partial charge in [-0.15, -0.1) is 0 Å². The zero-order valence-corrected chi connectivity index (χ0v) is 9.36. The van der Waals surface area contributed by atoms with Gasteiger partial charge in [-0.3, -0.25) is 4.79 Å². The Balaban J connectivity index is 3.24. The van der Waals surface area contributed by atoms with E-state index in [1.165, 1.54) is 6.07 Å². The Hall–Kier alpha value is -0.770. The van der Waals surface area contributed by atoms with Crippen molar-refractivity contribution in [2.75, 3.05) is 0 Å². The first kappa shape index (κ1) is 11.3. The third-order valence-corrected chi connectivity index (χ3v) is 2.60. The van der Waals surface area contributed by atoms with Crippen molar-refractivity contribution in [2.45, 2.75) is 13.8 Å². The summed E-state index contributed by atoms with van der Waals surface area (Å²) in [5, 5.41) is 0. The zero-order chi connectivity index (χ0) is 10.9. The Morgan fingerprint density at radius 1 is 1.36 bits per heavy atom. The summed E-state index contributed by atoms with van der Waals surface area (Å²) in [6, 6.07) is 2.24. The van der Waals surface area contributed by atoms with Crippen molar-refractivity contribution in [3.05, 3.63) is 33.8 Å². The minimum Gasteiger partial charge on any atom is -0.294 e. The molecule has 0 unspecified atom stereocenters. The van der Waals surface area contributed by atoms with Gasteiger partial charge in [-0.05, 0) is 28.1 Å². The molecule has 0 fully saturated rings. The van der Waals surface area contributed by atoms with Gasteiger partial charge < -0.3 is 0 Å². The van der Waals surface area contributed by atoms with Crippen LogP contribution in [0.4, 0.5) is 8.78 Å². The molecule has 0 aliphatic rings. The highest BCUT2D eigenvalue weighted by atomic mass is 79.9. The molecule has 76 valence electrons. The number of hydrogen-bond acceptors (Lipinski definition) is 1. The van der Waals surface area contributed by atoms with Crippen LogP contribution in [-0.4, -0.2) is 5.78 Å². The van der Waals surface area contributed by atoms with Gasteiger partial charge in [0.25, 0.3) is 0 Å². The van der Waals surface area contributed by atoms with E-state index in [1.54, 1.807) is 13.8 Å². The van der Waals surface area contributed by atoms with Crippen LogP contribution in [0, 0.1) is 17.6 Å². The first-order valence-corrected chi connectivity index (χ1v) is 4.92. The molecule has 1 rings (SSSR count). The second-order valence-electron chi connectivity index (χ2n) is 3.24. The van der Waals surface area contributed by atoms with Crippen LogP contribution >= 0.6 is 15.9 Å². The normalized spacial score (nSPS) is 10.7. The van der Waals surface area contributed by atoms with E-state index in [0.717, 1.165) is 6.07 Å². The zero-order valence-electron chi connectivity index (χ0n) is 7.77. The third-order valence-electron chi connectivity index (χ3n) is 1.83. The van der Waals surface area contributed by atoms with E-state index in [2.05, 4.69) is 15.9 Å². The highest BCUT2D eigenvalue weighted by Gasteiger charge is 2.18. The predicted octanol–water partition coefficient (Wildman–Crippen LogP) is 3.57. The van der Waals surface area contributed by atoms with Gasteiger partial charge in [0.15, 0.2) is 17.4 Å². The molecule has 0 amide bonds. The van der Waals surface area contributed by atoms with Crippen LogP contribution in [-0.2, 0) is 0 Å². The molecule has 0 aliphatic carbocycles. The largest absolute Gasteiger partial charge is 0.294 e. The Morgan fingerprint density at radius 2 is 1.93 bits per heavy atom. The molecule has 1 aromatic rings. The minimum atomic E-state index is -1.02. The van der Waals surface area contributed by atoms with E-state index in [9.17, 15) is 13.6 Å². The third kappa shape index (κ3) is 2.00. The second kappa shape index (κ2) is 4.17. The van der Waals surface area contributed by atoms with Crippen molar-refractivity contribution in [2.24, 2.45) is 5.92 Å². The van der Waals surface area contributed by atoms with E-state index >= 15 is 0 Å². The molecule has 4 heteroatoms. The minimum absolute atomic E-state index is 0.101. The summed E-state index contributed by atoms with van der Waals surface area (Å²) in [7, 11) is 0. The van der Waals surface area contributed by atoms with Gasteiger partial charge >= 0.3 is 0 Å². The summed E-state index contributed by atoms with van der Waals surface area (Å²) < 4.78 is 25.6. The van der Waals surface area contributed by atoms with Crippen LogP contribution < -0.4 is 0 Å². The lowest BCUT2D eigenvalue weighted by Gasteiger charge is -2.07. The molecule has 0 aromatic heterocycles. The summed E-state index contributed by atoms with van der Waals surface area (Å²) in [4.78, 5) is 11.5. The maximum Gasteiger partial charge on any atom is 0.173 e. The van der Waals surface area contributed by atoms with Gasteiger partial charge in [0.1, 0.15) is 0 Å². The van der Waals surface area contributed by atoms with Gasteiger partial charge in [0.05, 0.1) is 4.47 Å². The van der Waals surface area contributed by atoms with Crippen molar-refractivity contribution in [1.82, 2.24) is 0 Å². The standard InChI is InChI=1S/C10H9BrF2O/c1-5(2)10(14)6-3-4-7(12)9(13)8(6)11/h3-5H,1-2H3. The lowest BCUT2D eigenvalue weighted by molar-refractivity contribution is 0.0938. The molecule has 0 saturated carbocycles. The van der Waals surface area contributed by atoms with Gasteiger partial charge in [-0.2, -0.15) is 0 Å². The van der Waals surface area contributed by atoms with E-state index in [-0.39, 0.29) is 21.7 Å². The van der Waals surface area contributed by atoms with Crippen molar-refractivity contribution < 1.29 is 13.6 Å². The molecule has 1 aromatic carbocycles. The first-order valence-electron chi connectivity index (χ1n) is 4.13. The molecule has 0 bridgehead atoms. The van der Waals surface area contributed by atoms with E-state index in [1.807, 2.05) is 0 Å². The summed E-state index contributed by atoms with van der Waals surface area (Å²) in [5.74, 6) is -2.43. The van der Waals surface area contributed by atoms with Crippen LogP contribution in [0.5, 0.6) is 0 Å². The van der Waals surface area contributed by atoms with Gasteiger partial charge in [-0.1, -0.05) is 13.8 Å². The number of hydrogen-bond donors (Lipinski definition) is 0. The highest BCUT2D eigenvalue weighted by molar-refractivity contribution is 9.10. The maximum absolute atomic E-state index is 13.0. The van der Waals surface area contributed by atoms with Crippen molar-refractivity contribution in [1.29, 1.82) is 0 Å². The van der Waals surface area contributed by atoms with E-state index in [0.29, 0.717) is 0 Å². The number of halogens is 3. The molecule has 0 aliphatic heterocycles. The van der Waals surface area contributed by atoms with Crippen LogP contribution in [0.25, 0.3) is 0 Å². The Morgan fingerprint density at radius 3 is 2.43 bits per heavy atom. The van der Waals surface area contributed by atoms with Crippen LogP contribution in [0.3, 0.4) is 0 Å². The van der Waals surface area contributed by atoms with Crippen molar-refractivity contribution in [3.8, 4) is 0 Å². The SMILES string of the molecule is CC(C)C(=O)c1ccc(F)c(F)c1Br. The molecule has 1 nitrogen and oxygen atoms in total. The quantitative estimate of drug-likeness (QED) is 0.589. The molecule has 0 atom stereocenters. The fourth-order valence-electron chi connectivity index (χ4n) is 1.03. The highest BCUT2D eigenvalue weighted by Crippen LogP contribution is 2.25. The molecule has 14 heavy (non-hydrogen) atoms. The fourth-order valence-corrected chi connectivity index (χ4v) is 1.54. The predicted molar refractivity (Wildman–Crippen MR) is 53.2 cm³/mol. The Kier molecular flexibility index (Phi) is 3.37. The number of ketones is 1. The molecule has 0 saturated heterocycles. The second-order valence-corrected chi connectivity index (χ2v) is 4.03. The smallest absolute Gasteiger partial charge is 0.173 e. The average molecular weight is 263 g/mol. The van der Waals surface area contributed by atoms with Crippen LogP contribution in [0.2, 0.25) is 0 Å². The molecule has 0 heterocycles. The number of carbonyl (C=O) groups excluding carboxylic acids is 1. The van der Waals surface area contributed by atoms with Gasteiger partial charge in [0, 0.05) is 11.5 Å². The number of Topliss-reactive ketones (excluding diaryl/α,β-unsaturated/α-hetero) is 1. The van der Waals surface area contributed by atoms with Crippen molar-refractivity contribution in [3.63, 3.8) is 0 Å². The number of benzene rings is 1. The molecular formula is C10H9BrF2O. The monoisotopic (exact) mass is 262 g/mol. The fraction of sp³-hybridized carbons (Fsp3) is 0.300. The molecular weight excluding hydrogens is 254 g/mol. The van der Waals surface area contributed by atoms with Crippen LogP contribution in [0.15, 0.2) is 16.6 Å². The van der Waals surface area contributed by atoms with E-state index < -0.39 is 11.6 Å². The van der Waals surface area contributed by atoms with Crippen LogP contribution in [0.1, 0.15) is 24.2 Å². The molecule has 0 radical (unpaired) electrons. The van der Waals surface area contributed by atoms with Crippen molar-refractivity contribution >= 4 is 21.7 Å². The number of rotatable bonds is 2. The summed E-state index contributed by atoms with van der Waals surface area (Å²) in [5.41, 5.74) is 0.180. The molecule has 0 spiro atoms. The number of carbonyl (C=O) groups is 1. The van der Waals surface area contributed by atoms with Gasteiger partial charge in [0.2, 0.25) is 0 Å². The lowest BCUT2D eigenvalue weighted by Crippen LogP contribution is -2.09. The molecule has 0 N–H and O–H groups in total. The lowest BCUT2D eigenvalue weighted by atomic mass is 10.0. The Labute approximate surface area is 89.3 Å². The maximum atomic E-state index is 13.0. The average Bonchev–Trinajstić information content (AvgIpc) is 2.13. The van der Waals surface area contributed by atoms with E-state index in [4.69, 9.17) is 0 Å². The summed E-state index contributed by atoms with van der Waals surface area (Å²) >= 11 is 2.86. The summed E-state index contributed by atoms with van der Waals surface area (Å²) in [6.45, 7) is 3.41. The first-order chi connectivity index (χ1) is 6.45. The topological polar surface area (TPSA) is 17.1 Å². The summed E-state index contributed by atoms with van der Waals surface area (Å²) in [6.07, 6.45) is 0. The Bertz CT molecular complexity index is 375.